The predicted octanol–water partition coefficient (Wildman–Crippen LogP) is 3.30. The second kappa shape index (κ2) is 5.58. The number of hydrogen-bond donors (Lipinski definition) is 2. The lowest BCUT2D eigenvalue weighted by Crippen LogP contribution is -2.33. The largest absolute Gasteiger partial charge is 0.373 e. The number of benzene rings is 2. The molecule has 0 fully saturated rings. The Balaban J connectivity index is 1.76. The fourth-order valence-electron chi connectivity index (χ4n) is 2.39. The van der Waals surface area contributed by atoms with Gasteiger partial charge in [-0.25, -0.2) is 0 Å². The Kier molecular flexibility index (Phi) is 3.63. The third-order valence-corrected chi connectivity index (χ3v) is 3.94. The molecule has 0 spiro atoms. The summed E-state index contributed by atoms with van der Waals surface area (Å²) in [4.78, 5) is 12.3. The van der Waals surface area contributed by atoms with E-state index in [9.17, 15) is 4.79 Å². The van der Waals surface area contributed by atoms with E-state index in [1.165, 1.54) is 0 Å². The van der Waals surface area contributed by atoms with Crippen molar-refractivity contribution in [3.63, 3.8) is 0 Å². The Morgan fingerprint density at radius 2 is 2.14 bits per heavy atom. The van der Waals surface area contributed by atoms with Gasteiger partial charge in [-0.05, 0) is 29.8 Å². The zero-order chi connectivity index (χ0) is 14.8. The maximum Gasteiger partial charge on any atom is 0.247 e. The molecule has 0 saturated carbocycles. The Hall–Kier alpha value is -2.32. The summed E-state index contributed by atoms with van der Waals surface area (Å²) < 4.78 is 0.809. The summed E-state index contributed by atoms with van der Waals surface area (Å²) in [5, 5.41) is 15.1. The second-order valence-electron chi connectivity index (χ2n) is 4.85. The van der Waals surface area contributed by atoms with Crippen molar-refractivity contribution in [2.75, 3.05) is 10.6 Å². The molecule has 0 aromatic heterocycles. The summed E-state index contributed by atoms with van der Waals surface area (Å²) in [5.74, 6) is -0.134. The van der Waals surface area contributed by atoms with E-state index in [1.54, 1.807) is 18.2 Å². The van der Waals surface area contributed by atoms with E-state index in [0.717, 1.165) is 15.7 Å². The van der Waals surface area contributed by atoms with E-state index in [4.69, 9.17) is 5.26 Å². The van der Waals surface area contributed by atoms with Gasteiger partial charge in [0.1, 0.15) is 12.1 Å². The number of anilines is 2. The van der Waals surface area contributed by atoms with Gasteiger partial charge in [0.05, 0.1) is 11.3 Å². The zero-order valence-corrected chi connectivity index (χ0v) is 12.6. The lowest BCUT2D eigenvalue weighted by Gasteiger charge is -2.13. The molecule has 0 aliphatic carbocycles. The average Bonchev–Trinajstić information content (AvgIpc) is 2.93. The van der Waals surface area contributed by atoms with Crippen LogP contribution in [0.1, 0.15) is 11.1 Å². The maximum absolute atomic E-state index is 12.3. The van der Waals surface area contributed by atoms with E-state index < -0.39 is 0 Å². The minimum atomic E-state index is -0.308. The number of carbonyl (C=O) groups is 1. The van der Waals surface area contributed by atoms with Crippen LogP contribution in [-0.4, -0.2) is 11.9 Å². The van der Waals surface area contributed by atoms with Crippen LogP contribution in [-0.2, 0) is 11.2 Å². The first-order valence-corrected chi connectivity index (χ1v) is 7.31. The number of halogens is 1. The predicted molar refractivity (Wildman–Crippen MR) is 85.0 cm³/mol. The topological polar surface area (TPSA) is 64.9 Å². The Bertz CT molecular complexity index is 726. The number of nitrogens with one attached hydrogen (secondary N) is 2. The third kappa shape index (κ3) is 2.76. The molecular weight excluding hydrogens is 330 g/mol. The van der Waals surface area contributed by atoms with E-state index in [0.29, 0.717) is 17.7 Å². The first-order chi connectivity index (χ1) is 10.2. The number of carbonyl (C=O) groups excluding carboxylic acids is 1. The fourth-order valence-corrected chi connectivity index (χ4v) is 2.75. The maximum atomic E-state index is 12.3. The van der Waals surface area contributed by atoms with Gasteiger partial charge in [0, 0.05) is 16.6 Å². The number of nitriles is 1. The van der Waals surface area contributed by atoms with Gasteiger partial charge in [-0.15, -0.1) is 0 Å². The highest BCUT2D eigenvalue weighted by molar-refractivity contribution is 9.10. The van der Waals surface area contributed by atoms with E-state index in [-0.39, 0.29) is 11.9 Å². The molecule has 4 nitrogen and oxygen atoms in total. The molecule has 0 radical (unpaired) electrons. The monoisotopic (exact) mass is 341 g/mol. The van der Waals surface area contributed by atoms with Crippen LogP contribution in [0.4, 0.5) is 11.4 Å². The molecule has 104 valence electrons. The quantitative estimate of drug-likeness (QED) is 0.880. The lowest BCUT2D eigenvalue weighted by atomic mass is 10.1. The molecule has 1 amide bonds. The molecule has 5 heteroatoms. The number of fused-ring (bicyclic) bond motifs is 1. The first kappa shape index (κ1) is 13.7. The van der Waals surface area contributed by atoms with Crippen molar-refractivity contribution < 1.29 is 4.79 Å². The molecule has 2 N–H and O–H groups in total. The van der Waals surface area contributed by atoms with Crippen molar-refractivity contribution in [1.82, 2.24) is 0 Å². The van der Waals surface area contributed by atoms with E-state index in [2.05, 4.69) is 32.6 Å². The van der Waals surface area contributed by atoms with Crippen LogP contribution in [0.3, 0.4) is 0 Å². The Morgan fingerprint density at radius 1 is 1.33 bits per heavy atom. The van der Waals surface area contributed by atoms with Crippen LogP contribution < -0.4 is 10.6 Å². The molecule has 1 heterocycles. The van der Waals surface area contributed by atoms with Crippen LogP contribution in [0.2, 0.25) is 0 Å². The van der Waals surface area contributed by atoms with Crippen LogP contribution in [0, 0.1) is 11.3 Å². The molecule has 21 heavy (non-hydrogen) atoms. The van der Waals surface area contributed by atoms with Gasteiger partial charge in [-0.1, -0.05) is 34.1 Å². The van der Waals surface area contributed by atoms with E-state index >= 15 is 0 Å². The molecule has 1 aliphatic heterocycles. The van der Waals surface area contributed by atoms with Crippen LogP contribution in [0.15, 0.2) is 46.9 Å². The standard InChI is InChI=1S/C16H12BrN3O/c17-12-5-6-14(11(7-12)9-18)20-16(21)15-8-10-3-1-2-4-13(10)19-15/h1-7,15,19H,8H2,(H,20,21). The van der Waals surface area contributed by atoms with Gasteiger partial charge < -0.3 is 10.6 Å². The summed E-state index contributed by atoms with van der Waals surface area (Å²) in [6.07, 6.45) is 0.653. The van der Waals surface area contributed by atoms with Gasteiger partial charge >= 0.3 is 0 Å². The van der Waals surface area contributed by atoms with Gasteiger partial charge in [0.25, 0.3) is 0 Å². The molecule has 0 saturated heterocycles. The van der Waals surface area contributed by atoms with Gasteiger partial charge in [-0.3, -0.25) is 4.79 Å². The molecule has 1 aliphatic rings. The minimum Gasteiger partial charge on any atom is -0.373 e. The lowest BCUT2D eigenvalue weighted by molar-refractivity contribution is -0.116. The van der Waals surface area contributed by atoms with Gasteiger partial charge in [0.2, 0.25) is 5.91 Å². The average molecular weight is 342 g/mol. The molecular formula is C16H12BrN3O. The van der Waals surface area contributed by atoms with Crippen molar-refractivity contribution in [3.8, 4) is 6.07 Å². The number of amides is 1. The van der Waals surface area contributed by atoms with Crippen molar-refractivity contribution in [3.05, 3.63) is 58.1 Å². The number of para-hydroxylation sites is 1. The number of hydrogen-bond acceptors (Lipinski definition) is 3. The molecule has 1 unspecified atom stereocenters. The van der Waals surface area contributed by atoms with Crippen molar-refractivity contribution in [2.24, 2.45) is 0 Å². The van der Waals surface area contributed by atoms with Gasteiger partial charge in [-0.2, -0.15) is 5.26 Å². The van der Waals surface area contributed by atoms with Crippen molar-refractivity contribution >= 4 is 33.2 Å². The second-order valence-corrected chi connectivity index (χ2v) is 5.76. The third-order valence-electron chi connectivity index (χ3n) is 3.45. The SMILES string of the molecule is N#Cc1cc(Br)ccc1NC(=O)C1Cc2ccccc2N1. The van der Waals surface area contributed by atoms with Crippen LogP contribution in [0.25, 0.3) is 0 Å². The molecule has 2 aromatic carbocycles. The van der Waals surface area contributed by atoms with Gasteiger partial charge in [0.15, 0.2) is 0 Å². The fraction of sp³-hybridized carbons (Fsp3) is 0.125. The summed E-state index contributed by atoms with van der Waals surface area (Å²) in [6.45, 7) is 0. The highest BCUT2D eigenvalue weighted by Crippen LogP contribution is 2.26. The molecule has 3 rings (SSSR count). The normalized spacial score (nSPS) is 15.7. The summed E-state index contributed by atoms with van der Waals surface area (Å²) in [6, 6.07) is 14.9. The highest BCUT2D eigenvalue weighted by Gasteiger charge is 2.26. The number of nitrogens with zero attached hydrogens (tertiary/aromatic N) is 1. The van der Waals surface area contributed by atoms with Crippen LogP contribution in [0.5, 0.6) is 0 Å². The number of rotatable bonds is 2. The van der Waals surface area contributed by atoms with Crippen molar-refractivity contribution in [2.45, 2.75) is 12.5 Å². The molecule has 1 atom stereocenters. The zero-order valence-electron chi connectivity index (χ0n) is 11.1. The Morgan fingerprint density at radius 3 is 2.90 bits per heavy atom. The summed E-state index contributed by atoms with van der Waals surface area (Å²) >= 11 is 3.31. The Labute approximate surface area is 130 Å². The smallest absolute Gasteiger partial charge is 0.247 e. The minimum absolute atomic E-state index is 0.134. The van der Waals surface area contributed by atoms with E-state index in [1.807, 2.05) is 24.3 Å². The summed E-state index contributed by atoms with van der Waals surface area (Å²) in [7, 11) is 0. The molecule has 2 aromatic rings. The van der Waals surface area contributed by atoms with Crippen molar-refractivity contribution in [1.29, 1.82) is 5.26 Å². The highest BCUT2D eigenvalue weighted by atomic mass is 79.9. The van der Waals surface area contributed by atoms with Crippen LogP contribution >= 0.6 is 15.9 Å². The first-order valence-electron chi connectivity index (χ1n) is 6.52. The summed E-state index contributed by atoms with van der Waals surface area (Å²) in [5.41, 5.74) is 3.10. The molecule has 0 bridgehead atoms.